The second-order valence-corrected chi connectivity index (χ2v) is 8.29. The van der Waals surface area contributed by atoms with E-state index in [9.17, 15) is 0 Å². The molecule has 1 fully saturated rings. The average Bonchev–Trinajstić information content (AvgIpc) is 3.05. The van der Waals surface area contributed by atoms with Crippen molar-refractivity contribution in [2.24, 2.45) is 0 Å². The van der Waals surface area contributed by atoms with Gasteiger partial charge in [-0.05, 0) is 55.3 Å². The predicted molar refractivity (Wildman–Crippen MR) is 125 cm³/mol. The maximum atomic E-state index is 6.59. The second kappa shape index (κ2) is 10.5. The van der Waals surface area contributed by atoms with Crippen LogP contribution in [0.4, 0.5) is 0 Å². The number of ether oxygens (including phenoxy) is 1. The molecule has 0 aromatic heterocycles. The molecule has 1 atom stereocenters. The molecule has 4 rings (SSSR count). The van der Waals surface area contributed by atoms with E-state index in [0.29, 0.717) is 12.4 Å². The molecule has 172 valence electrons. The molecule has 1 spiro atoms. The maximum Gasteiger partial charge on any atom is 0.173 e. The van der Waals surface area contributed by atoms with Crippen molar-refractivity contribution in [2.45, 2.75) is 45.3 Å². The maximum absolute atomic E-state index is 6.59. The Kier molecular flexibility index (Phi) is 7.48. The van der Waals surface area contributed by atoms with Crippen molar-refractivity contribution in [3.8, 4) is 11.5 Å². The minimum Gasteiger partial charge on any atom is -0.482 e. The van der Waals surface area contributed by atoms with Crippen LogP contribution in [0.25, 0.3) is 5.57 Å². The molecule has 6 nitrogen and oxygen atoms in total. The van der Waals surface area contributed by atoms with Gasteiger partial charge in [0.05, 0.1) is 13.7 Å². The van der Waals surface area contributed by atoms with E-state index in [1.54, 1.807) is 0 Å². The van der Waals surface area contributed by atoms with Gasteiger partial charge in [-0.3, -0.25) is 4.84 Å². The minimum atomic E-state index is -0.317. The molecule has 0 saturated carbocycles. The van der Waals surface area contributed by atoms with E-state index >= 15 is 0 Å². The summed E-state index contributed by atoms with van der Waals surface area (Å²) in [6, 6.07) is 14.5. The van der Waals surface area contributed by atoms with E-state index in [4.69, 9.17) is 19.3 Å². The number of hydrogen-bond donors (Lipinski definition) is 1. The van der Waals surface area contributed by atoms with Gasteiger partial charge in [-0.2, -0.15) is 9.95 Å². The van der Waals surface area contributed by atoms with Gasteiger partial charge in [-0.15, -0.1) is 0 Å². The molecule has 2 heterocycles. The third-order valence-electron chi connectivity index (χ3n) is 6.20. The summed E-state index contributed by atoms with van der Waals surface area (Å²) in [5.74, 6) is 1.60. The summed E-state index contributed by atoms with van der Waals surface area (Å²) < 4.78 is 6.59. The molecule has 0 bridgehead atoms. The van der Waals surface area contributed by atoms with E-state index in [0.717, 1.165) is 73.5 Å². The lowest BCUT2D eigenvalue weighted by Crippen LogP contribution is -2.37. The fourth-order valence-corrected chi connectivity index (χ4v) is 4.51. The summed E-state index contributed by atoms with van der Waals surface area (Å²) in [6.45, 7) is 8.30. The van der Waals surface area contributed by atoms with Crippen LogP contribution in [0.2, 0.25) is 0 Å². The van der Waals surface area contributed by atoms with Gasteiger partial charge in [0.2, 0.25) is 0 Å². The standard InChI is InChI=1S/C26H34N2O4/c1-4-28(5-2)30-19-20-11-12-22(25(17-20)32-29-3)23-18-26(13-8-15-27-16-14-26)31-24-10-7-6-9-21(23)24/h6-7,9-12,17-18,27H,4-5,8,13-16,19H2,1-3H3. The fourth-order valence-electron chi connectivity index (χ4n) is 4.51. The van der Waals surface area contributed by atoms with E-state index in [1.807, 2.05) is 23.3 Å². The lowest BCUT2D eigenvalue weighted by Gasteiger charge is -2.36. The number of para-hydroxylation sites is 1. The highest BCUT2D eigenvalue weighted by Crippen LogP contribution is 2.45. The van der Waals surface area contributed by atoms with Crippen LogP contribution in [0.5, 0.6) is 11.5 Å². The average molecular weight is 439 g/mol. The largest absolute Gasteiger partial charge is 0.482 e. The molecule has 2 aliphatic rings. The zero-order valence-electron chi connectivity index (χ0n) is 19.4. The Morgan fingerprint density at radius 3 is 2.69 bits per heavy atom. The molecular weight excluding hydrogens is 404 g/mol. The van der Waals surface area contributed by atoms with Crippen LogP contribution in [0, 0.1) is 0 Å². The minimum absolute atomic E-state index is 0.317. The summed E-state index contributed by atoms with van der Waals surface area (Å²) in [5, 5.41) is 5.43. The molecule has 1 saturated heterocycles. The Hall–Kier alpha value is -2.38. The van der Waals surface area contributed by atoms with Crippen LogP contribution in [0.15, 0.2) is 48.5 Å². The van der Waals surface area contributed by atoms with E-state index in [1.165, 1.54) is 7.11 Å². The normalized spacial score (nSPS) is 20.4. The SMILES string of the molecule is CCN(CC)OCc1ccc(C2=CC3(CCCNCC3)Oc3ccccc32)c(OOC)c1. The van der Waals surface area contributed by atoms with E-state index in [-0.39, 0.29) is 5.60 Å². The van der Waals surface area contributed by atoms with Gasteiger partial charge in [-0.25, -0.2) is 0 Å². The lowest BCUT2D eigenvalue weighted by atomic mass is 9.84. The number of benzene rings is 2. The van der Waals surface area contributed by atoms with Gasteiger partial charge in [0.15, 0.2) is 5.75 Å². The number of rotatable bonds is 8. The molecule has 2 aromatic carbocycles. The summed E-state index contributed by atoms with van der Waals surface area (Å²) in [7, 11) is 1.54. The first kappa shape index (κ1) is 22.8. The molecule has 1 unspecified atom stereocenters. The third-order valence-corrected chi connectivity index (χ3v) is 6.20. The van der Waals surface area contributed by atoms with E-state index in [2.05, 4.69) is 49.5 Å². The number of fused-ring (bicyclic) bond motifs is 1. The van der Waals surface area contributed by atoms with Crippen LogP contribution < -0.4 is 14.9 Å². The second-order valence-electron chi connectivity index (χ2n) is 8.29. The quantitative estimate of drug-likeness (QED) is 0.475. The Morgan fingerprint density at radius 1 is 1.03 bits per heavy atom. The number of hydrogen-bond acceptors (Lipinski definition) is 6. The van der Waals surface area contributed by atoms with E-state index < -0.39 is 0 Å². The smallest absolute Gasteiger partial charge is 0.173 e. The summed E-state index contributed by atoms with van der Waals surface area (Å²) in [6.07, 6.45) is 5.29. The van der Waals surface area contributed by atoms with Gasteiger partial charge in [-0.1, -0.05) is 44.2 Å². The monoisotopic (exact) mass is 438 g/mol. The molecule has 6 heteroatoms. The molecule has 0 amide bonds. The zero-order chi connectivity index (χ0) is 22.4. The Labute approximate surface area is 191 Å². The first-order valence-electron chi connectivity index (χ1n) is 11.6. The van der Waals surface area contributed by atoms with Crippen LogP contribution in [0.1, 0.15) is 49.8 Å². The first-order valence-corrected chi connectivity index (χ1v) is 11.6. The van der Waals surface area contributed by atoms with Crippen LogP contribution in [-0.2, 0) is 16.3 Å². The van der Waals surface area contributed by atoms with Crippen LogP contribution in [0.3, 0.4) is 0 Å². The number of nitrogens with one attached hydrogen (secondary N) is 1. The van der Waals surface area contributed by atoms with Crippen molar-refractivity contribution >= 4 is 5.57 Å². The highest BCUT2D eigenvalue weighted by atomic mass is 17.2. The van der Waals surface area contributed by atoms with Gasteiger partial charge < -0.3 is 14.9 Å². The summed E-state index contributed by atoms with van der Waals surface area (Å²) >= 11 is 0. The predicted octanol–water partition coefficient (Wildman–Crippen LogP) is 4.74. The molecule has 2 aliphatic heterocycles. The highest BCUT2D eigenvalue weighted by molar-refractivity contribution is 5.87. The third kappa shape index (κ3) is 4.99. The van der Waals surface area contributed by atoms with Crippen molar-refractivity contribution in [1.82, 2.24) is 10.4 Å². The first-order chi connectivity index (χ1) is 15.7. The van der Waals surface area contributed by atoms with Gasteiger partial charge in [0.1, 0.15) is 11.4 Å². The Bertz CT molecular complexity index is 931. The van der Waals surface area contributed by atoms with Crippen molar-refractivity contribution in [1.29, 1.82) is 0 Å². The number of nitrogens with zero attached hydrogens (tertiary/aromatic N) is 1. The Balaban J connectivity index is 1.72. The van der Waals surface area contributed by atoms with Gasteiger partial charge in [0.25, 0.3) is 0 Å². The number of hydroxylamine groups is 2. The molecule has 0 radical (unpaired) electrons. The lowest BCUT2D eigenvalue weighted by molar-refractivity contribution is -0.179. The molecule has 1 N–H and O–H groups in total. The van der Waals surface area contributed by atoms with Crippen LogP contribution in [-0.4, -0.2) is 44.0 Å². The van der Waals surface area contributed by atoms with Gasteiger partial charge in [0, 0.05) is 30.6 Å². The molecule has 2 aromatic rings. The van der Waals surface area contributed by atoms with Gasteiger partial charge >= 0.3 is 0 Å². The highest BCUT2D eigenvalue weighted by Gasteiger charge is 2.36. The summed E-state index contributed by atoms with van der Waals surface area (Å²) in [5.41, 5.74) is 3.90. The van der Waals surface area contributed by atoms with Crippen molar-refractivity contribution < 1.29 is 19.3 Å². The van der Waals surface area contributed by atoms with Crippen molar-refractivity contribution in [2.75, 3.05) is 33.3 Å². The molecular formula is C26H34N2O4. The molecule has 0 aliphatic carbocycles. The van der Waals surface area contributed by atoms with Crippen molar-refractivity contribution in [3.63, 3.8) is 0 Å². The summed E-state index contributed by atoms with van der Waals surface area (Å²) in [4.78, 5) is 16.7. The van der Waals surface area contributed by atoms with Crippen LogP contribution >= 0.6 is 0 Å². The van der Waals surface area contributed by atoms with Crippen molar-refractivity contribution in [3.05, 3.63) is 65.2 Å². The fraction of sp³-hybridized carbons (Fsp3) is 0.462. The topological polar surface area (TPSA) is 52.2 Å². The Morgan fingerprint density at radius 2 is 1.88 bits per heavy atom. The molecule has 32 heavy (non-hydrogen) atoms. The zero-order valence-corrected chi connectivity index (χ0v) is 19.4.